The minimum absolute atomic E-state index is 0.497. The fourth-order valence-electron chi connectivity index (χ4n) is 2.69. The quantitative estimate of drug-likeness (QED) is 0.697. The van der Waals surface area contributed by atoms with Crippen LogP contribution in [0, 0.1) is 5.92 Å². The van der Waals surface area contributed by atoms with Gasteiger partial charge in [-0.1, -0.05) is 26.2 Å². The van der Waals surface area contributed by atoms with Gasteiger partial charge in [0.2, 0.25) is 0 Å². The minimum atomic E-state index is 0.497. The molecular formula is C11H21NS. The third-order valence-electron chi connectivity index (χ3n) is 3.54. The molecule has 13 heavy (non-hydrogen) atoms. The van der Waals surface area contributed by atoms with Gasteiger partial charge in [0.25, 0.3) is 0 Å². The van der Waals surface area contributed by atoms with Crippen LogP contribution in [0.1, 0.15) is 45.4 Å². The molecule has 0 bridgehead atoms. The third kappa shape index (κ3) is 2.21. The highest BCUT2D eigenvalue weighted by molar-refractivity contribution is 8.00. The molecule has 0 aromatic carbocycles. The van der Waals surface area contributed by atoms with E-state index in [4.69, 9.17) is 0 Å². The Morgan fingerprint density at radius 1 is 1.46 bits per heavy atom. The molecule has 2 fully saturated rings. The second-order valence-corrected chi connectivity index (χ2v) is 5.97. The lowest BCUT2D eigenvalue weighted by atomic mass is 9.83. The Kier molecular flexibility index (Phi) is 3.20. The maximum atomic E-state index is 3.76. The first-order valence-electron chi connectivity index (χ1n) is 5.74. The third-order valence-corrected chi connectivity index (χ3v) is 5.10. The zero-order chi connectivity index (χ0) is 9.15. The number of nitrogens with one attached hydrogen (secondary N) is 1. The average Bonchev–Trinajstić information content (AvgIpc) is 2.19. The normalized spacial score (nSPS) is 40.8. The van der Waals surface area contributed by atoms with E-state index >= 15 is 0 Å². The lowest BCUT2D eigenvalue weighted by molar-refractivity contribution is 0.250. The zero-order valence-electron chi connectivity index (χ0n) is 8.64. The molecule has 0 aromatic heterocycles. The first-order valence-corrected chi connectivity index (χ1v) is 6.72. The summed E-state index contributed by atoms with van der Waals surface area (Å²) in [6.07, 6.45) is 8.49. The SMILES string of the molecule is CCC1CCCC2(C1)NCCCS2. The van der Waals surface area contributed by atoms with Crippen LogP contribution in [-0.2, 0) is 0 Å². The average molecular weight is 199 g/mol. The lowest BCUT2D eigenvalue weighted by Gasteiger charge is -2.43. The summed E-state index contributed by atoms with van der Waals surface area (Å²) < 4.78 is 0. The number of hydrogen-bond donors (Lipinski definition) is 1. The Hall–Kier alpha value is 0.310. The highest BCUT2D eigenvalue weighted by Gasteiger charge is 2.36. The van der Waals surface area contributed by atoms with Crippen molar-refractivity contribution in [2.75, 3.05) is 12.3 Å². The van der Waals surface area contributed by atoms with Crippen molar-refractivity contribution in [2.24, 2.45) is 5.92 Å². The van der Waals surface area contributed by atoms with Gasteiger partial charge in [0.1, 0.15) is 0 Å². The van der Waals surface area contributed by atoms with E-state index in [1.54, 1.807) is 0 Å². The molecule has 2 aliphatic rings. The van der Waals surface area contributed by atoms with Gasteiger partial charge in [-0.15, -0.1) is 11.8 Å². The maximum absolute atomic E-state index is 3.76. The fourth-order valence-corrected chi connectivity index (χ4v) is 4.22. The molecule has 1 aliphatic heterocycles. The van der Waals surface area contributed by atoms with Crippen LogP contribution in [0.3, 0.4) is 0 Å². The number of thioether (sulfide) groups is 1. The molecule has 0 radical (unpaired) electrons. The Labute approximate surface area is 86.0 Å². The van der Waals surface area contributed by atoms with Crippen LogP contribution < -0.4 is 5.32 Å². The Morgan fingerprint density at radius 2 is 2.38 bits per heavy atom. The summed E-state index contributed by atoms with van der Waals surface area (Å²) in [5.41, 5.74) is 0. The lowest BCUT2D eigenvalue weighted by Crippen LogP contribution is -2.49. The van der Waals surface area contributed by atoms with E-state index in [2.05, 4.69) is 24.0 Å². The highest BCUT2D eigenvalue weighted by atomic mass is 32.2. The van der Waals surface area contributed by atoms with Gasteiger partial charge in [0.15, 0.2) is 0 Å². The van der Waals surface area contributed by atoms with Crippen molar-refractivity contribution in [2.45, 2.75) is 50.3 Å². The molecule has 1 N–H and O–H groups in total. The van der Waals surface area contributed by atoms with E-state index in [0.717, 1.165) is 5.92 Å². The second-order valence-electron chi connectivity index (χ2n) is 4.49. The van der Waals surface area contributed by atoms with Crippen LogP contribution in [0.2, 0.25) is 0 Å². The highest BCUT2D eigenvalue weighted by Crippen LogP contribution is 2.43. The molecule has 1 spiro atoms. The van der Waals surface area contributed by atoms with Gasteiger partial charge >= 0.3 is 0 Å². The first-order chi connectivity index (χ1) is 6.35. The van der Waals surface area contributed by atoms with Crippen molar-refractivity contribution < 1.29 is 0 Å². The van der Waals surface area contributed by atoms with Gasteiger partial charge in [-0.05, 0) is 37.5 Å². The molecular weight excluding hydrogens is 178 g/mol. The van der Waals surface area contributed by atoms with E-state index in [9.17, 15) is 0 Å². The van der Waals surface area contributed by atoms with Crippen molar-refractivity contribution in [3.63, 3.8) is 0 Å². The van der Waals surface area contributed by atoms with Crippen molar-refractivity contribution >= 4 is 11.8 Å². The number of hydrogen-bond acceptors (Lipinski definition) is 2. The van der Waals surface area contributed by atoms with Crippen molar-refractivity contribution in [3.05, 3.63) is 0 Å². The summed E-state index contributed by atoms with van der Waals surface area (Å²) in [4.78, 5) is 0.497. The zero-order valence-corrected chi connectivity index (χ0v) is 9.46. The van der Waals surface area contributed by atoms with Gasteiger partial charge in [0.05, 0.1) is 4.87 Å². The smallest absolute Gasteiger partial charge is 0.0647 e. The van der Waals surface area contributed by atoms with Crippen LogP contribution >= 0.6 is 11.8 Å². The second kappa shape index (κ2) is 4.22. The fraction of sp³-hybridized carbons (Fsp3) is 1.00. The Balaban J connectivity index is 1.95. The van der Waals surface area contributed by atoms with Crippen molar-refractivity contribution in [1.29, 1.82) is 0 Å². The molecule has 2 unspecified atom stereocenters. The standard InChI is InChI=1S/C11H21NS/c1-2-10-5-3-6-11(9-10)12-7-4-8-13-11/h10,12H,2-9H2,1H3. The molecule has 76 valence electrons. The summed E-state index contributed by atoms with van der Waals surface area (Å²) in [6, 6.07) is 0. The molecule has 0 amide bonds. The van der Waals surface area contributed by atoms with Crippen molar-refractivity contribution in [3.8, 4) is 0 Å². The molecule has 1 saturated heterocycles. The summed E-state index contributed by atoms with van der Waals surface area (Å²) in [5, 5.41) is 3.76. The molecule has 2 atom stereocenters. The monoisotopic (exact) mass is 199 g/mol. The molecule has 1 heterocycles. The molecule has 2 heteroatoms. The predicted molar refractivity (Wildman–Crippen MR) is 60.1 cm³/mol. The Bertz CT molecular complexity index is 158. The van der Waals surface area contributed by atoms with E-state index in [0.29, 0.717) is 4.87 Å². The van der Waals surface area contributed by atoms with Crippen LogP contribution in [0.5, 0.6) is 0 Å². The van der Waals surface area contributed by atoms with E-state index in [-0.39, 0.29) is 0 Å². The van der Waals surface area contributed by atoms with Gasteiger partial charge in [-0.3, -0.25) is 0 Å². The van der Waals surface area contributed by atoms with Gasteiger partial charge in [0, 0.05) is 0 Å². The maximum Gasteiger partial charge on any atom is 0.0647 e. The molecule has 1 saturated carbocycles. The van der Waals surface area contributed by atoms with E-state index in [1.807, 2.05) is 0 Å². The van der Waals surface area contributed by atoms with E-state index in [1.165, 1.54) is 50.8 Å². The topological polar surface area (TPSA) is 12.0 Å². The molecule has 2 rings (SSSR count). The predicted octanol–water partition coefficient (Wildman–Crippen LogP) is 3.01. The van der Waals surface area contributed by atoms with Gasteiger partial charge in [-0.25, -0.2) is 0 Å². The first kappa shape index (κ1) is 9.85. The largest absolute Gasteiger partial charge is 0.303 e. The van der Waals surface area contributed by atoms with Crippen LogP contribution in [0.4, 0.5) is 0 Å². The summed E-state index contributed by atoms with van der Waals surface area (Å²) >= 11 is 2.19. The van der Waals surface area contributed by atoms with Crippen LogP contribution in [-0.4, -0.2) is 17.2 Å². The van der Waals surface area contributed by atoms with Crippen LogP contribution in [0.15, 0.2) is 0 Å². The molecule has 1 nitrogen and oxygen atoms in total. The van der Waals surface area contributed by atoms with Crippen LogP contribution in [0.25, 0.3) is 0 Å². The molecule has 0 aromatic rings. The van der Waals surface area contributed by atoms with E-state index < -0.39 is 0 Å². The summed E-state index contributed by atoms with van der Waals surface area (Å²) in [5.74, 6) is 2.37. The molecule has 1 aliphatic carbocycles. The summed E-state index contributed by atoms with van der Waals surface area (Å²) in [7, 11) is 0. The minimum Gasteiger partial charge on any atom is -0.303 e. The number of rotatable bonds is 1. The Morgan fingerprint density at radius 3 is 3.08 bits per heavy atom. The summed E-state index contributed by atoms with van der Waals surface area (Å²) in [6.45, 7) is 3.60. The van der Waals surface area contributed by atoms with Gasteiger partial charge < -0.3 is 5.32 Å². The van der Waals surface area contributed by atoms with Crippen molar-refractivity contribution in [1.82, 2.24) is 5.32 Å². The van der Waals surface area contributed by atoms with Gasteiger partial charge in [-0.2, -0.15) is 0 Å².